The first-order valence-electron chi connectivity index (χ1n) is 5.94. The maximum absolute atomic E-state index is 13.2. The monoisotopic (exact) mass is 254 g/mol. The molecule has 0 aliphatic rings. The van der Waals surface area contributed by atoms with Gasteiger partial charge in [-0.1, -0.05) is 32.6 Å². The van der Waals surface area contributed by atoms with E-state index in [1.54, 1.807) is 0 Å². The maximum Gasteiger partial charge on any atom is 0.264 e. The van der Waals surface area contributed by atoms with Gasteiger partial charge in [-0.05, 0) is 19.3 Å². The molecule has 0 heterocycles. The van der Waals surface area contributed by atoms with E-state index >= 15 is 0 Å². The van der Waals surface area contributed by atoms with Crippen LogP contribution in [-0.4, -0.2) is 27.5 Å². The average Bonchev–Trinajstić information content (AvgIpc) is 2.18. The molecule has 0 aliphatic carbocycles. The molecule has 5 heteroatoms. The standard InChI is InChI=1S/C11H23FO3S/c1-3-4-5-6-8-11(12)9-7-10-15-16(2,13)14/h11H,3-10H2,1-2H3. The van der Waals surface area contributed by atoms with Crippen LogP contribution >= 0.6 is 0 Å². The number of halogens is 1. The molecule has 0 fully saturated rings. The molecule has 1 atom stereocenters. The molecule has 1 unspecified atom stereocenters. The van der Waals surface area contributed by atoms with Gasteiger partial charge >= 0.3 is 0 Å². The van der Waals surface area contributed by atoms with E-state index in [1.165, 1.54) is 0 Å². The van der Waals surface area contributed by atoms with E-state index in [4.69, 9.17) is 0 Å². The summed E-state index contributed by atoms with van der Waals surface area (Å²) in [5.41, 5.74) is 0. The lowest BCUT2D eigenvalue weighted by Gasteiger charge is -2.07. The number of hydrogen-bond acceptors (Lipinski definition) is 3. The zero-order valence-electron chi connectivity index (χ0n) is 10.2. The molecule has 0 saturated carbocycles. The highest BCUT2D eigenvalue weighted by atomic mass is 32.2. The number of hydrogen-bond donors (Lipinski definition) is 0. The molecule has 0 saturated heterocycles. The van der Waals surface area contributed by atoms with Crippen molar-refractivity contribution in [3.8, 4) is 0 Å². The lowest BCUT2D eigenvalue weighted by atomic mass is 10.1. The Morgan fingerprint density at radius 3 is 2.31 bits per heavy atom. The van der Waals surface area contributed by atoms with Crippen LogP contribution in [0, 0.1) is 0 Å². The molecular weight excluding hydrogens is 231 g/mol. The SMILES string of the molecule is CCCCCCC(F)CCCOS(C)(=O)=O. The van der Waals surface area contributed by atoms with Gasteiger partial charge in [0.1, 0.15) is 6.17 Å². The Morgan fingerprint density at radius 2 is 1.75 bits per heavy atom. The molecule has 0 rings (SSSR count). The van der Waals surface area contributed by atoms with Gasteiger partial charge in [0.2, 0.25) is 0 Å². The van der Waals surface area contributed by atoms with Gasteiger partial charge in [-0.25, -0.2) is 4.39 Å². The predicted molar refractivity (Wildman–Crippen MR) is 63.7 cm³/mol. The molecule has 0 spiro atoms. The van der Waals surface area contributed by atoms with E-state index in [2.05, 4.69) is 11.1 Å². The van der Waals surface area contributed by atoms with Crippen molar-refractivity contribution in [3.05, 3.63) is 0 Å². The van der Waals surface area contributed by atoms with Crippen LogP contribution in [-0.2, 0) is 14.3 Å². The van der Waals surface area contributed by atoms with Crippen LogP contribution in [0.2, 0.25) is 0 Å². The van der Waals surface area contributed by atoms with Crippen molar-refractivity contribution < 1.29 is 17.0 Å². The Labute approximate surface area is 98.5 Å². The predicted octanol–water partition coefficient (Wildman–Crippen LogP) is 3.05. The van der Waals surface area contributed by atoms with Crippen LogP contribution in [0.1, 0.15) is 51.9 Å². The van der Waals surface area contributed by atoms with E-state index in [1.807, 2.05) is 0 Å². The smallest absolute Gasteiger partial charge is 0.264 e. The minimum atomic E-state index is -3.37. The quantitative estimate of drug-likeness (QED) is 0.444. The van der Waals surface area contributed by atoms with Gasteiger partial charge in [-0.3, -0.25) is 4.18 Å². The fourth-order valence-electron chi connectivity index (χ4n) is 1.45. The van der Waals surface area contributed by atoms with Crippen molar-refractivity contribution in [1.29, 1.82) is 0 Å². The van der Waals surface area contributed by atoms with Gasteiger partial charge in [-0.15, -0.1) is 0 Å². The first-order chi connectivity index (χ1) is 7.45. The van der Waals surface area contributed by atoms with E-state index in [0.29, 0.717) is 19.3 Å². The molecule has 0 radical (unpaired) electrons. The molecule has 3 nitrogen and oxygen atoms in total. The Bertz CT molecular complexity index is 252. The van der Waals surface area contributed by atoms with E-state index in [0.717, 1.165) is 31.9 Å². The third-order valence-corrected chi connectivity index (χ3v) is 2.92. The van der Waals surface area contributed by atoms with E-state index in [9.17, 15) is 12.8 Å². The van der Waals surface area contributed by atoms with Crippen molar-refractivity contribution in [2.75, 3.05) is 12.9 Å². The summed E-state index contributed by atoms with van der Waals surface area (Å²) in [5, 5.41) is 0. The van der Waals surface area contributed by atoms with Gasteiger partial charge in [0.05, 0.1) is 12.9 Å². The molecule has 98 valence electrons. The Kier molecular flexibility index (Phi) is 8.84. The molecule has 0 aliphatic heterocycles. The van der Waals surface area contributed by atoms with Crippen LogP contribution in [0.5, 0.6) is 0 Å². The number of unbranched alkanes of at least 4 members (excludes halogenated alkanes) is 3. The van der Waals surface area contributed by atoms with Gasteiger partial charge < -0.3 is 0 Å². The third kappa shape index (κ3) is 11.9. The van der Waals surface area contributed by atoms with Gasteiger partial charge in [0.15, 0.2) is 0 Å². The Balaban J connectivity index is 3.33. The summed E-state index contributed by atoms with van der Waals surface area (Å²) in [6.45, 7) is 2.21. The second-order valence-corrected chi connectivity index (χ2v) is 5.76. The minimum Gasteiger partial charge on any atom is -0.270 e. The molecule has 16 heavy (non-hydrogen) atoms. The summed E-state index contributed by atoms with van der Waals surface area (Å²) in [7, 11) is -3.37. The molecule has 0 N–H and O–H groups in total. The molecule has 0 aromatic heterocycles. The number of rotatable bonds is 10. The molecule has 0 bridgehead atoms. The maximum atomic E-state index is 13.2. The average molecular weight is 254 g/mol. The first-order valence-corrected chi connectivity index (χ1v) is 7.76. The highest BCUT2D eigenvalue weighted by Gasteiger charge is 2.07. The Hall–Kier alpha value is -0.160. The van der Waals surface area contributed by atoms with Crippen LogP contribution < -0.4 is 0 Å². The van der Waals surface area contributed by atoms with Crippen molar-refractivity contribution in [2.24, 2.45) is 0 Å². The van der Waals surface area contributed by atoms with Crippen molar-refractivity contribution in [1.82, 2.24) is 0 Å². The fourth-order valence-corrected chi connectivity index (χ4v) is 1.87. The lowest BCUT2D eigenvalue weighted by molar-refractivity contribution is 0.248. The second kappa shape index (κ2) is 8.93. The summed E-state index contributed by atoms with van der Waals surface area (Å²) in [6.07, 6.45) is 5.93. The number of alkyl halides is 1. The molecule has 0 aromatic carbocycles. The van der Waals surface area contributed by atoms with Gasteiger partial charge in [-0.2, -0.15) is 8.42 Å². The zero-order chi connectivity index (χ0) is 12.4. The van der Waals surface area contributed by atoms with Crippen molar-refractivity contribution in [3.63, 3.8) is 0 Å². The van der Waals surface area contributed by atoms with Gasteiger partial charge in [0, 0.05) is 0 Å². The van der Waals surface area contributed by atoms with E-state index < -0.39 is 16.3 Å². The molecule has 0 aromatic rings. The summed E-state index contributed by atoms with van der Waals surface area (Å²) in [4.78, 5) is 0. The lowest BCUT2D eigenvalue weighted by Crippen LogP contribution is -2.07. The second-order valence-electron chi connectivity index (χ2n) is 4.11. The summed E-state index contributed by atoms with van der Waals surface area (Å²) < 4.78 is 39.0. The van der Waals surface area contributed by atoms with Crippen molar-refractivity contribution >= 4 is 10.1 Å². The van der Waals surface area contributed by atoms with Crippen LogP contribution in [0.4, 0.5) is 4.39 Å². The minimum absolute atomic E-state index is 0.0915. The zero-order valence-corrected chi connectivity index (χ0v) is 11.1. The summed E-state index contributed by atoms with van der Waals surface area (Å²) in [5.74, 6) is 0. The molecular formula is C11H23FO3S. The largest absolute Gasteiger partial charge is 0.270 e. The van der Waals surface area contributed by atoms with Crippen molar-refractivity contribution in [2.45, 2.75) is 58.0 Å². The van der Waals surface area contributed by atoms with Crippen LogP contribution in [0.15, 0.2) is 0 Å². The highest BCUT2D eigenvalue weighted by molar-refractivity contribution is 7.85. The van der Waals surface area contributed by atoms with Crippen LogP contribution in [0.25, 0.3) is 0 Å². The Morgan fingerprint density at radius 1 is 1.12 bits per heavy atom. The normalized spacial score (nSPS) is 13.9. The fraction of sp³-hybridized carbons (Fsp3) is 1.00. The summed E-state index contributed by atoms with van der Waals surface area (Å²) in [6, 6.07) is 0. The highest BCUT2D eigenvalue weighted by Crippen LogP contribution is 2.12. The molecule has 0 amide bonds. The third-order valence-electron chi connectivity index (χ3n) is 2.33. The topological polar surface area (TPSA) is 43.4 Å². The first kappa shape index (κ1) is 15.8. The van der Waals surface area contributed by atoms with Gasteiger partial charge in [0.25, 0.3) is 10.1 Å². The summed E-state index contributed by atoms with van der Waals surface area (Å²) >= 11 is 0. The van der Waals surface area contributed by atoms with E-state index in [-0.39, 0.29) is 6.61 Å². The van der Waals surface area contributed by atoms with Crippen LogP contribution in [0.3, 0.4) is 0 Å².